The van der Waals surface area contributed by atoms with Gasteiger partial charge in [-0.1, -0.05) is 62.8 Å². The number of carbonyl (C=O) groups is 4. The average Bonchev–Trinajstić information content (AvgIpc) is 3.12. The predicted octanol–water partition coefficient (Wildman–Crippen LogP) is 7.35. The predicted molar refractivity (Wildman–Crippen MR) is 175 cm³/mol. The number of hydrogen-bond donors (Lipinski definition) is 0. The van der Waals surface area contributed by atoms with Gasteiger partial charge in [-0.05, 0) is 106 Å². The lowest BCUT2D eigenvalue weighted by molar-refractivity contribution is -0.169. The highest BCUT2D eigenvalue weighted by molar-refractivity contribution is 5.90. The van der Waals surface area contributed by atoms with Crippen LogP contribution in [0, 0.1) is 35.5 Å². The fraction of sp³-hybridized carbons (Fsp3) is 0.487. The van der Waals surface area contributed by atoms with Gasteiger partial charge in [-0.15, -0.1) is 0 Å². The minimum atomic E-state index is -0.843. The number of ether oxygens (including phenoxy) is 4. The van der Waals surface area contributed by atoms with Crippen LogP contribution in [0.3, 0.4) is 0 Å². The second kappa shape index (κ2) is 16.4. The van der Waals surface area contributed by atoms with Gasteiger partial charge in [0.25, 0.3) is 0 Å². The van der Waals surface area contributed by atoms with E-state index in [1.165, 1.54) is 32.1 Å². The van der Waals surface area contributed by atoms with Gasteiger partial charge < -0.3 is 18.9 Å². The Kier molecular flexibility index (Phi) is 11.9. The number of benzene rings is 2. The Hall–Kier alpha value is -4.38. The Morgan fingerprint density at radius 3 is 2.00 bits per heavy atom. The lowest BCUT2D eigenvalue weighted by Crippen LogP contribution is -2.39. The molecule has 3 saturated carbocycles. The van der Waals surface area contributed by atoms with Crippen LogP contribution in [0.25, 0.3) is 0 Å². The summed E-state index contributed by atoms with van der Waals surface area (Å²) < 4.78 is 21.5. The summed E-state index contributed by atoms with van der Waals surface area (Å²) in [5.74, 6) is 5.72. The third-order valence-electron chi connectivity index (χ3n) is 9.92. The van der Waals surface area contributed by atoms with Crippen LogP contribution < -0.4 is 4.74 Å². The zero-order valence-corrected chi connectivity index (χ0v) is 27.0. The fourth-order valence-electron chi connectivity index (χ4n) is 7.13. The fourth-order valence-corrected chi connectivity index (χ4v) is 7.13. The molecule has 8 nitrogen and oxygen atoms in total. The summed E-state index contributed by atoms with van der Waals surface area (Å²) in [6, 6.07) is 16.2. The Morgan fingerprint density at radius 2 is 1.36 bits per heavy atom. The topological polar surface area (TPSA) is 105 Å². The van der Waals surface area contributed by atoms with Crippen molar-refractivity contribution in [2.75, 3.05) is 6.79 Å². The van der Waals surface area contributed by atoms with Crippen LogP contribution >= 0.6 is 0 Å². The van der Waals surface area contributed by atoms with Gasteiger partial charge in [-0.2, -0.15) is 0 Å². The number of rotatable bonds is 9. The molecule has 8 heteroatoms. The molecule has 2 aromatic rings. The first kappa shape index (κ1) is 34.0. The highest BCUT2D eigenvalue weighted by atomic mass is 16.7. The molecule has 0 amide bonds. The maximum atomic E-state index is 13.4. The summed E-state index contributed by atoms with van der Waals surface area (Å²) in [7, 11) is 0. The van der Waals surface area contributed by atoms with Gasteiger partial charge in [0.15, 0.2) is 5.60 Å². The van der Waals surface area contributed by atoms with E-state index in [2.05, 4.69) is 23.2 Å². The van der Waals surface area contributed by atoms with Crippen molar-refractivity contribution < 1.29 is 38.1 Å². The first-order valence-electron chi connectivity index (χ1n) is 16.9. The minimum Gasteiger partial charge on any atom is -0.442 e. The van der Waals surface area contributed by atoms with E-state index in [0.29, 0.717) is 42.9 Å². The van der Waals surface area contributed by atoms with E-state index in [-0.39, 0.29) is 17.8 Å². The summed E-state index contributed by atoms with van der Waals surface area (Å²) in [4.78, 5) is 49.6. The number of hydrogen-bond acceptors (Lipinski definition) is 8. The van der Waals surface area contributed by atoms with Crippen molar-refractivity contribution in [3.05, 3.63) is 78.4 Å². The molecule has 3 aliphatic carbocycles. The molecule has 0 unspecified atom stereocenters. The van der Waals surface area contributed by atoms with Crippen molar-refractivity contribution in [3.63, 3.8) is 0 Å². The first-order chi connectivity index (χ1) is 22.8. The lowest BCUT2D eigenvalue weighted by atomic mass is 9.69. The normalized spacial score (nSPS) is 24.5. The molecule has 0 bridgehead atoms. The molecule has 5 rings (SSSR count). The van der Waals surface area contributed by atoms with Crippen molar-refractivity contribution in [1.82, 2.24) is 0 Å². The van der Waals surface area contributed by atoms with E-state index in [0.717, 1.165) is 43.2 Å². The van der Waals surface area contributed by atoms with Gasteiger partial charge in [0.05, 0.1) is 17.4 Å². The first-order valence-corrected chi connectivity index (χ1v) is 16.9. The van der Waals surface area contributed by atoms with Gasteiger partial charge in [0.2, 0.25) is 6.79 Å². The molecule has 3 fully saturated rings. The molecule has 0 aromatic heterocycles. The maximum absolute atomic E-state index is 13.4. The van der Waals surface area contributed by atoms with Gasteiger partial charge >= 0.3 is 23.9 Å². The van der Waals surface area contributed by atoms with Gasteiger partial charge in [-0.3, -0.25) is 9.59 Å². The molecule has 0 aliphatic heterocycles. The van der Waals surface area contributed by atoms with Crippen LogP contribution in [0.15, 0.2) is 67.3 Å². The summed E-state index contributed by atoms with van der Waals surface area (Å²) >= 11 is 0. The van der Waals surface area contributed by atoms with Crippen molar-refractivity contribution in [3.8, 4) is 17.6 Å². The summed E-state index contributed by atoms with van der Waals surface area (Å²) in [6.07, 6.45) is 12.9. The van der Waals surface area contributed by atoms with Crippen LogP contribution in [-0.2, 0) is 28.6 Å². The van der Waals surface area contributed by atoms with Crippen molar-refractivity contribution in [2.45, 2.75) is 89.1 Å². The molecule has 2 aromatic carbocycles. The highest BCUT2D eigenvalue weighted by Gasteiger charge is 2.40. The standard InChI is InChI=1S/C39H44O8/c1-2-35(40)44-27-45-36(41)31-13-15-32(16-14-31)37(42)46-34-19-17-33(18-20-34)38(43)47-39(24-21-28-9-5-3-6-10-28)25-22-30(23-26-39)29-11-7-4-8-12-29/h2-3,5-6,9-10,17-20,29-32H,1,4,7-8,11-16,22-23,25-27H2. The summed E-state index contributed by atoms with van der Waals surface area (Å²) in [5.41, 5.74) is 0.422. The average molecular weight is 641 g/mol. The van der Waals surface area contributed by atoms with Gasteiger partial charge in [0.1, 0.15) is 5.75 Å². The quantitative estimate of drug-likeness (QED) is 0.0922. The molecule has 0 atom stereocenters. The van der Waals surface area contributed by atoms with Crippen molar-refractivity contribution >= 4 is 23.9 Å². The monoisotopic (exact) mass is 640 g/mol. The molecule has 0 spiro atoms. The van der Waals surface area contributed by atoms with E-state index in [4.69, 9.17) is 14.2 Å². The maximum Gasteiger partial charge on any atom is 0.339 e. The third-order valence-corrected chi connectivity index (χ3v) is 9.92. The van der Waals surface area contributed by atoms with Gasteiger partial charge in [0, 0.05) is 11.6 Å². The van der Waals surface area contributed by atoms with E-state index >= 15 is 0 Å². The van der Waals surface area contributed by atoms with Crippen LogP contribution in [0.4, 0.5) is 0 Å². The SMILES string of the molecule is C=CC(=O)OCOC(=O)C1CCC(C(=O)Oc2ccc(C(=O)OC3(C#Cc4ccccc4)CCC(C4CCCCC4)CC3)cc2)CC1. The largest absolute Gasteiger partial charge is 0.442 e. The molecule has 47 heavy (non-hydrogen) atoms. The number of esters is 4. The van der Waals surface area contributed by atoms with E-state index in [1.807, 2.05) is 30.3 Å². The second-order valence-corrected chi connectivity index (χ2v) is 13.0. The Morgan fingerprint density at radius 1 is 0.745 bits per heavy atom. The Labute approximate surface area is 277 Å². The second-order valence-electron chi connectivity index (χ2n) is 13.0. The summed E-state index contributed by atoms with van der Waals surface area (Å²) in [6.45, 7) is 2.82. The molecular weight excluding hydrogens is 596 g/mol. The van der Waals surface area contributed by atoms with E-state index in [9.17, 15) is 19.2 Å². The van der Waals surface area contributed by atoms with Crippen LogP contribution in [0.5, 0.6) is 5.75 Å². The molecule has 0 radical (unpaired) electrons. The minimum absolute atomic E-state index is 0.337. The number of carbonyl (C=O) groups excluding carboxylic acids is 4. The molecular formula is C39H44O8. The highest BCUT2D eigenvalue weighted by Crippen LogP contribution is 2.43. The third kappa shape index (κ3) is 9.57. The van der Waals surface area contributed by atoms with Crippen LogP contribution in [0.1, 0.15) is 99.4 Å². The smallest absolute Gasteiger partial charge is 0.339 e. The zero-order chi connectivity index (χ0) is 33.1. The molecule has 0 N–H and O–H groups in total. The molecule has 0 heterocycles. The summed E-state index contributed by atoms with van der Waals surface area (Å²) in [5, 5.41) is 0. The van der Waals surface area contributed by atoms with E-state index < -0.39 is 30.3 Å². The van der Waals surface area contributed by atoms with Crippen molar-refractivity contribution in [1.29, 1.82) is 0 Å². The van der Waals surface area contributed by atoms with Crippen molar-refractivity contribution in [2.24, 2.45) is 23.7 Å². The zero-order valence-electron chi connectivity index (χ0n) is 27.0. The molecule has 248 valence electrons. The molecule has 3 aliphatic rings. The van der Waals surface area contributed by atoms with Gasteiger partial charge in [-0.25, -0.2) is 9.59 Å². The molecule has 0 saturated heterocycles. The Balaban J connectivity index is 1.14. The Bertz CT molecular complexity index is 1450. The van der Waals surface area contributed by atoms with E-state index in [1.54, 1.807) is 24.3 Å². The van der Waals surface area contributed by atoms with Crippen LogP contribution in [-0.4, -0.2) is 36.3 Å². The lowest BCUT2D eigenvalue weighted by Gasteiger charge is -2.40. The van der Waals surface area contributed by atoms with Crippen LogP contribution in [0.2, 0.25) is 0 Å².